The van der Waals surface area contributed by atoms with Gasteiger partial charge >= 0.3 is 5.97 Å². The van der Waals surface area contributed by atoms with E-state index < -0.39 is 34.6 Å². The maximum atomic E-state index is 13.3. The smallest absolute Gasteiger partial charge is 0.313 e. The first-order valence-corrected chi connectivity index (χ1v) is 9.75. The highest BCUT2D eigenvalue weighted by Crippen LogP contribution is 2.69. The lowest BCUT2D eigenvalue weighted by atomic mass is 9.42. The number of carbonyl (C=O) groups is 1. The van der Waals surface area contributed by atoms with Crippen LogP contribution in [0.15, 0.2) is 23.0 Å². The number of aliphatic hydroxyl groups excluding tert-OH is 2. The van der Waals surface area contributed by atoms with Crippen LogP contribution in [0.4, 0.5) is 0 Å². The highest BCUT2D eigenvalue weighted by molar-refractivity contribution is 5.81. The number of esters is 1. The second kappa shape index (κ2) is 5.56. The lowest BCUT2D eigenvalue weighted by Gasteiger charge is -2.62. The molecular weight excluding hydrogens is 352 g/mol. The van der Waals surface area contributed by atoms with Crippen molar-refractivity contribution in [1.82, 2.24) is 0 Å². The van der Waals surface area contributed by atoms with Crippen LogP contribution < -0.4 is 0 Å². The van der Waals surface area contributed by atoms with Gasteiger partial charge in [0.05, 0.1) is 54.4 Å². The largest absolute Gasteiger partial charge is 0.472 e. The van der Waals surface area contributed by atoms with E-state index in [0.29, 0.717) is 25.7 Å². The third kappa shape index (κ3) is 1.93. The van der Waals surface area contributed by atoms with Gasteiger partial charge in [0.1, 0.15) is 6.10 Å². The lowest BCUT2D eigenvalue weighted by molar-refractivity contribution is -0.243. The van der Waals surface area contributed by atoms with E-state index in [1.165, 1.54) is 0 Å². The van der Waals surface area contributed by atoms with Crippen molar-refractivity contribution in [3.8, 4) is 0 Å². The van der Waals surface area contributed by atoms with Gasteiger partial charge < -0.3 is 29.2 Å². The van der Waals surface area contributed by atoms with Crippen molar-refractivity contribution in [1.29, 1.82) is 0 Å². The molecule has 0 unspecified atom stereocenters. The Kier molecular flexibility index (Phi) is 3.64. The minimum Gasteiger partial charge on any atom is -0.472 e. The van der Waals surface area contributed by atoms with Crippen molar-refractivity contribution in [3.63, 3.8) is 0 Å². The fourth-order valence-electron chi connectivity index (χ4n) is 6.75. The van der Waals surface area contributed by atoms with Crippen LogP contribution in [0.25, 0.3) is 0 Å². The quantitative estimate of drug-likeness (QED) is 0.663. The number of fused-ring (bicyclic) bond motifs is 1. The minimum atomic E-state index is -1.24. The molecule has 1 spiro atoms. The van der Waals surface area contributed by atoms with Gasteiger partial charge in [0.15, 0.2) is 0 Å². The fraction of sp³-hybridized carbons (Fsp3) is 0.750. The number of aliphatic hydroxyl groups is 3. The Morgan fingerprint density at radius 2 is 2.19 bits per heavy atom. The maximum absolute atomic E-state index is 13.3. The summed E-state index contributed by atoms with van der Waals surface area (Å²) in [6, 6.07) is 1.78. The molecule has 3 N–H and O–H groups in total. The molecule has 2 saturated heterocycles. The van der Waals surface area contributed by atoms with Crippen LogP contribution in [0.5, 0.6) is 0 Å². The summed E-state index contributed by atoms with van der Waals surface area (Å²) in [4.78, 5) is 13.3. The second-order valence-electron chi connectivity index (χ2n) is 8.95. The van der Waals surface area contributed by atoms with E-state index in [2.05, 4.69) is 0 Å². The number of hydrogen-bond acceptors (Lipinski definition) is 7. The highest BCUT2D eigenvalue weighted by atomic mass is 16.6. The molecular formula is C20H26O7. The molecule has 7 heteroatoms. The van der Waals surface area contributed by atoms with Crippen molar-refractivity contribution in [2.45, 2.75) is 56.5 Å². The van der Waals surface area contributed by atoms with E-state index in [0.717, 1.165) is 5.56 Å². The van der Waals surface area contributed by atoms with Gasteiger partial charge in [0.25, 0.3) is 0 Å². The zero-order valence-corrected chi connectivity index (χ0v) is 15.3. The number of hydrogen-bond donors (Lipinski definition) is 3. The Morgan fingerprint density at radius 3 is 2.89 bits per heavy atom. The summed E-state index contributed by atoms with van der Waals surface area (Å²) in [5.41, 5.74) is -2.47. The Bertz CT molecular complexity index is 748. The molecule has 0 amide bonds. The lowest BCUT2D eigenvalue weighted by Crippen LogP contribution is -2.71. The van der Waals surface area contributed by atoms with Crippen LogP contribution in [0.2, 0.25) is 0 Å². The summed E-state index contributed by atoms with van der Waals surface area (Å²) in [6.07, 6.45) is 3.15. The molecule has 7 nitrogen and oxygen atoms in total. The van der Waals surface area contributed by atoms with Gasteiger partial charge in [-0.25, -0.2) is 0 Å². The minimum absolute atomic E-state index is 0.105. The van der Waals surface area contributed by atoms with Crippen LogP contribution in [-0.4, -0.2) is 52.3 Å². The van der Waals surface area contributed by atoms with Crippen molar-refractivity contribution in [3.05, 3.63) is 24.2 Å². The molecule has 2 aliphatic carbocycles. The standard InChI is InChI=1S/C20H26O7/c1-11-6-15-20(9-21)16(13(22)2-4-18(20,24)10-26-15)19(11)7-14(27-17(19)23)12-3-5-25-8-12/h3,5,8,11,13-16,21-22,24H,2,4,6-7,9-10H2,1H3/t11-,13+,14+,15+,16-,18-,19+,20+/m1/s1. The molecule has 27 heavy (non-hydrogen) atoms. The van der Waals surface area contributed by atoms with E-state index in [1.54, 1.807) is 18.6 Å². The first-order chi connectivity index (χ1) is 12.9. The van der Waals surface area contributed by atoms with E-state index in [4.69, 9.17) is 13.9 Å². The van der Waals surface area contributed by atoms with Gasteiger partial charge in [-0.1, -0.05) is 6.92 Å². The van der Waals surface area contributed by atoms with Gasteiger partial charge in [0, 0.05) is 17.9 Å². The summed E-state index contributed by atoms with van der Waals surface area (Å²) < 4.78 is 16.9. The van der Waals surface area contributed by atoms with E-state index in [1.807, 2.05) is 6.92 Å². The van der Waals surface area contributed by atoms with Crippen LogP contribution in [0, 0.1) is 22.7 Å². The molecule has 8 atom stereocenters. The first-order valence-electron chi connectivity index (χ1n) is 9.75. The molecule has 4 fully saturated rings. The Hall–Kier alpha value is -1.41. The van der Waals surface area contributed by atoms with Crippen LogP contribution in [0.1, 0.15) is 44.3 Å². The number of cyclic esters (lactones) is 1. The zero-order valence-electron chi connectivity index (χ0n) is 15.3. The molecule has 1 aromatic rings. The van der Waals surface area contributed by atoms with E-state index in [9.17, 15) is 20.1 Å². The summed E-state index contributed by atoms with van der Waals surface area (Å²) >= 11 is 0. The third-order valence-electron chi connectivity index (χ3n) is 8.09. The molecule has 0 bridgehead atoms. The predicted octanol–water partition coefficient (Wildman–Crippen LogP) is 1.17. The van der Waals surface area contributed by atoms with Crippen LogP contribution in [-0.2, 0) is 14.3 Å². The third-order valence-corrected chi connectivity index (χ3v) is 8.09. The fourth-order valence-corrected chi connectivity index (χ4v) is 6.75. The molecule has 4 aliphatic rings. The molecule has 1 aromatic heterocycles. The van der Waals surface area contributed by atoms with E-state index >= 15 is 0 Å². The highest BCUT2D eigenvalue weighted by Gasteiger charge is 2.77. The summed E-state index contributed by atoms with van der Waals surface area (Å²) in [5.74, 6) is -1.08. The number of carbonyl (C=O) groups excluding carboxylic acids is 1. The number of furan rings is 1. The first kappa shape index (κ1) is 17.7. The van der Waals surface area contributed by atoms with Crippen molar-refractivity contribution in [2.24, 2.45) is 22.7 Å². The van der Waals surface area contributed by atoms with Crippen LogP contribution in [0.3, 0.4) is 0 Å². The maximum Gasteiger partial charge on any atom is 0.313 e. The average molecular weight is 378 g/mol. The second-order valence-corrected chi connectivity index (χ2v) is 8.95. The van der Waals surface area contributed by atoms with Crippen molar-refractivity contribution < 1.29 is 34.0 Å². The molecule has 2 saturated carbocycles. The zero-order chi connectivity index (χ0) is 19.0. The normalized spacial score (nSPS) is 51.4. The summed E-state index contributed by atoms with van der Waals surface area (Å²) in [7, 11) is 0. The topological polar surface area (TPSA) is 109 Å². The van der Waals surface area contributed by atoms with Gasteiger partial charge in [-0.3, -0.25) is 4.79 Å². The Balaban J connectivity index is 1.65. The SMILES string of the molecule is C[C@@H]1C[C@@H]2OC[C@]3(O)CC[C@H](O)[C@H]([C@]14C[C@@H](c1ccoc1)OC4=O)[C@]23CO. The predicted molar refractivity (Wildman–Crippen MR) is 91.3 cm³/mol. The Morgan fingerprint density at radius 1 is 1.37 bits per heavy atom. The van der Waals surface area contributed by atoms with Crippen LogP contribution >= 0.6 is 0 Å². The van der Waals surface area contributed by atoms with E-state index in [-0.39, 0.29) is 31.2 Å². The molecule has 5 rings (SSSR count). The number of ether oxygens (including phenoxy) is 2. The molecule has 0 aromatic carbocycles. The summed E-state index contributed by atoms with van der Waals surface area (Å²) in [6.45, 7) is 1.79. The monoisotopic (exact) mass is 378 g/mol. The van der Waals surface area contributed by atoms with Gasteiger partial charge in [-0.2, -0.15) is 0 Å². The van der Waals surface area contributed by atoms with Crippen molar-refractivity contribution >= 4 is 5.97 Å². The average Bonchev–Trinajstić information content (AvgIpc) is 3.34. The molecule has 2 aliphatic heterocycles. The van der Waals surface area contributed by atoms with Gasteiger partial charge in [-0.15, -0.1) is 0 Å². The molecule has 0 radical (unpaired) electrons. The van der Waals surface area contributed by atoms with Gasteiger partial charge in [-0.05, 0) is 31.2 Å². The van der Waals surface area contributed by atoms with Crippen molar-refractivity contribution in [2.75, 3.05) is 13.2 Å². The molecule has 148 valence electrons. The Labute approximate surface area is 157 Å². The number of rotatable bonds is 2. The summed E-state index contributed by atoms with van der Waals surface area (Å²) in [5, 5.41) is 32.9. The van der Waals surface area contributed by atoms with Gasteiger partial charge in [0.2, 0.25) is 0 Å². The molecule has 3 heterocycles.